The lowest BCUT2D eigenvalue weighted by Crippen LogP contribution is -2.27. The third kappa shape index (κ3) is 3.25. The zero-order chi connectivity index (χ0) is 8.81. The van der Waals surface area contributed by atoms with Crippen molar-refractivity contribution in [3.8, 4) is 6.07 Å². The van der Waals surface area contributed by atoms with Crippen LogP contribution in [0.4, 0.5) is 0 Å². The Hall–Kier alpha value is -0.520. The first-order valence-electron chi connectivity index (χ1n) is 4.24. The van der Waals surface area contributed by atoms with E-state index in [-0.39, 0.29) is 0 Å². The van der Waals surface area contributed by atoms with Crippen molar-refractivity contribution in [3.63, 3.8) is 0 Å². The minimum atomic E-state index is 0.618. The van der Waals surface area contributed by atoms with Crippen LogP contribution in [0.1, 0.15) is 19.3 Å². The SMILES string of the molecule is N#CCCN(CC=CCl)C1CC1. The Bertz CT molecular complexity index is 191. The van der Waals surface area contributed by atoms with Gasteiger partial charge in [0.2, 0.25) is 0 Å². The van der Waals surface area contributed by atoms with Crippen molar-refractivity contribution in [1.82, 2.24) is 4.90 Å². The van der Waals surface area contributed by atoms with Gasteiger partial charge >= 0.3 is 0 Å². The first-order chi connectivity index (χ1) is 5.88. The summed E-state index contributed by atoms with van der Waals surface area (Å²) in [4.78, 5) is 2.31. The molecule has 1 aliphatic carbocycles. The highest BCUT2D eigenvalue weighted by Crippen LogP contribution is 2.26. The predicted octanol–water partition coefficient (Wildman–Crippen LogP) is 2.12. The molecule has 66 valence electrons. The van der Waals surface area contributed by atoms with E-state index in [0.717, 1.165) is 13.1 Å². The largest absolute Gasteiger partial charge is 0.296 e. The summed E-state index contributed by atoms with van der Waals surface area (Å²) in [5.41, 5.74) is 1.54. The van der Waals surface area contributed by atoms with Crippen LogP contribution in [-0.2, 0) is 0 Å². The Balaban J connectivity index is 2.23. The van der Waals surface area contributed by atoms with Gasteiger partial charge in [0.15, 0.2) is 0 Å². The van der Waals surface area contributed by atoms with Gasteiger partial charge in [-0.1, -0.05) is 17.7 Å². The number of hydrogen-bond donors (Lipinski definition) is 0. The third-order valence-corrected chi connectivity index (χ3v) is 2.18. The van der Waals surface area contributed by atoms with Gasteiger partial charge in [0.25, 0.3) is 0 Å². The molecule has 1 fully saturated rings. The second-order valence-electron chi connectivity index (χ2n) is 3.00. The lowest BCUT2D eigenvalue weighted by molar-refractivity contribution is 0.299. The number of nitriles is 1. The van der Waals surface area contributed by atoms with Crippen LogP contribution in [0.25, 0.3) is 0 Å². The molecule has 1 rings (SSSR count). The van der Waals surface area contributed by atoms with Gasteiger partial charge in [-0.3, -0.25) is 4.90 Å². The number of rotatable bonds is 5. The molecule has 0 amide bonds. The highest BCUT2D eigenvalue weighted by molar-refractivity contribution is 6.25. The average Bonchev–Trinajstić information content (AvgIpc) is 2.88. The third-order valence-electron chi connectivity index (χ3n) is 2.00. The van der Waals surface area contributed by atoms with Crippen molar-refractivity contribution in [1.29, 1.82) is 5.26 Å². The van der Waals surface area contributed by atoms with E-state index in [1.165, 1.54) is 12.8 Å². The normalized spacial score (nSPS) is 17.1. The van der Waals surface area contributed by atoms with Crippen molar-refractivity contribution in [3.05, 3.63) is 11.6 Å². The fourth-order valence-electron chi connectivity index (χ4n) is 1.23. The van der Waals surface area contributed by atoms with Gasteiger partial charge in [-0.25, -0.2) is 0 Å². The summed E-state index contributed by atoms with van der Waals surface area (Å²) in [7, 11) is 0. The van der Waals surface area contributed by atoms with E-state index >= 15 is 0 Å². The minimum absolute atomic E-state index is 0.618. The lowest BCUT2D eigenvalue weighted by atomic mass is 10.4. The number of halogens is 1. The molecule has 0 saturated heterocycles. The van der Waals surface area contributed by atoms with E-state index in [1.54, 1.807) is 5.54 Å². The van der Waals surface area contributed by atoms with Crippen LogP contribution in [0.2, 0.25) is 0 Å². The van der Waals surface area contributed by atoms with E-state index in [2.05, 4.69) is 11.0 Å². The second kappa shape index (κ2) is 5.18. The summed E-state index contributed by atoms with van der Waals surface area (Å²) in [6, 6.07) is 2.87. The van der Waals surface area contributed by atoms with Crippen molar-refractivity contribution in [2.75, 3.05) is 13.1 Å². The molecule has 1 aliphatic rings. The maximum Gasteiger partial charge on any atom is 0.0635 e. The molecule has 0 heterocycles. The Morgan fingerprint density at radius 3 is 2.83 bits per heavy atom. The smallest absolute Gasteiger partial charge is 0.0635 e. The highest BCUT2D eigenvalue weighted by atomic mass is 35.5. The first-order valence-corrected chi connectivity index (χ1v) is 4.68. The number of hydrogen-bond acceptors (Lipinski definition) is 2. The summed E-state index contributed by atoms with van der Waals surface area (Å²) in [6.07, 6.45) is 5.10. The molecular weight excluding hydrogens is 172 g/mol. The number of nitrogens with zero attached hydrogens (tertiary/aromatic N) is 2. The zero-order valence-electron chi connectivity index (χ0n) is 7.04. The van der Waals surface area contributed by atoms with Crippen LogP contribution in [0.5, 0.6) is 0 Å². The molecule has 0 aromatic carbocycles. The maximum absolute atomic E-state index is 8.42. The summed E-state index contributed by atoms with van der Waals surface area (Å²) in [5.74, 6) is 0. The predicted molar refractivity (Wildman–Crippen MR) is 49.8 cm³/mol. The average molecular weight is 185 g/mol. The van der Waals surface area contributed by atoms with Gasteiger partial charge < -0.3 is 0 Å². The molecular formula is C9H13ClN2. The Labute approximate surface area is 78.4 Å². The topological polar surface area (TPSA) is 27.0 Å². The summed E-state index contributed by atoms with van der Waals surface area (Å²) < 4.78 is 0. The summed E-state index contributed by atoms with van der Waals surface area (Å²) >= 11 is 5.43. The minimum Gasteiger partial charge on any atom is -0.296 e. The van der Waals surface area contributed by atoms with Gasteiger partial charge in [0.1, 0.15) is 0 Å². The van der Waals surface area contributed by atoms with Gasteiger partial charge in [-0.05, 0) is 12.8 Å². The molecule has 0 N–H and O–H groups in total. The van der Waals surface area contributed by atoms with Crippen molar-refractivity contribution in [2.24, 2.45) is 0 Å². The molecule has 0 aromatic rings. The molecule has 0 atom stereocenters. The standard InChI is InChI=1S/C9H13ClN2/c10-5-1-7-12(8-2-6-11)9-3-4-9/h1,5,9H,2-4,7-8H2. The Kier molecular flexibility index (Phi) is 4.13. The van der Waals surface area contributed by atoms with Crippen LogP contribution in [0, 0.1) is 11.3 Å². The van der Waals surface area contributed by atoms with E-state index in [9.17, 15) is 0 Å². The van der Waals surface area contributed by atoms with Crippen LogP contribution in [-0.4, -0.2) is 24.0 Å². The molecule has 2 nitrogen and oxygen atoms in total. The van der Waals surface area contributed by atoms with Crippen molar-refractivity contribution >= 4 is 11.6 Å². The van der Waals surface area contributed by atoms with Crippen LogP contribution < -0.4 is 0 Å². The van der Waals surface area contributed by atoms with E-state index in [1.807, 2.05) is 6.08 Å². The quantitative estimate of drug-likeness (QED) is 0.655. The van der Waals surface area contributed by atoms with Gasteiger partial charge in [-0.15, -0.1) is 0 Å². The summed E-state index contributed by atoms with van der Waals surface area (Å²) in [6.45, 7) is 1.76. The Morgan fingerprint density at radius 2 is 2.33 bits per heavy atom. The van der Waals surface area contributed by atoms with E-state index in [4.69, 9.17) is 16.9 Å². The van der Waals surface area contributed by atoms with Crippen LogP contribution >= 0.6 is 11.6 Å². The molecule has 0 aliphatic heterocycles. The Morgan fingerprint density at radius 1 is 1.58 bits per heavy atom. The molecule has 0 aromatic heterocycles. The van der Waals surface area contributed by atoms with E-state index in [0.29, 0.717) is 12.5 Å². The molecule has 12 heavy (non-hydrogen) atoms. The molecule has 0 radical (unpaired) electrons. The fourth-order valence-corrected chi connectivity index (χ4v) is 1.31. The molecule has 0 spiro atoms. The van der Waals surface area contributed by atoms with Crippen LogP contribution in [0.15, 0.2) is 11.6 Å². The monoisotopic (exact) mass is 184 g/mol. The molecule has 0 unspecified atom stereocenters. The zero-order valence-corrected chi connectivity index (χ0v) is 7.80. The second-order valence-corrected chi connectivity index (χ2v) is 3.25. The molecule has 0 bridgehead atoms. The lowest BCUT2D eigenvalue weighted by Gasteiger charge is -2.17. The van der Waals surface area contributed by atoms with Gasteiger partial charge in [0, 0.05) is 31.1 Å². The van der Waals surface area contributed by atoms with Crippen LogP contribution in [0.3, 0.4) is 0 Å². The summed E-state index contributed by atoms with van der Waals surface area (Å²) in [5, 5.41) is 8.42. The molecule has 3 heteroatoms. The van der Waals surface area contributed by atoms with E-state index < -0.39 is 0 Å². The first kappa shape index (κ1) is 9.57. The highest BCUT2D eigenvalue weighted by Gasteiger charge is 2.27. The fraction of sp³-hybridized carbons (Fsp3) is 0.667. The molecule has 1 saturated carbocycles. The maximum atomic E-state index is 8.42. The van der Waals surface area contributed by atoms with Crippen molar-refractivity contribution < 1.29 is 0 Å². The van der Waals surface area contributed by atoms with Crippen molar-refractivity contribution in [2.45, 2.75) is 25.3 Å². The van der Waals surface area contributed by atoms with Gasteiger partial charge in [-0.2, -0.15) is 5.26 Å². The van der Waals surface area contributed by atoms with Gasteiger partial charge in [0.05, 0.1) is 6.07 Å².